The van der Waals surface area contributed by atoms with Crippen LogP contribution in [-0.2, 0) is 11.2 Å². The number of hydrogen-bond donors (Lipinski definition) is 1. The average Bonchev–Trinajstić information content (AvgIpc) is 2.22. The van der Waals surface area contributed by atoms with Crippen LogP contribution < -0.4 is 11.4 Å². The van der Waals surface area contributed by atoms with E-state index >= 15 is 0 Å². The highest BCUT2D eigenvalue weighted by Crippen LogP contribution is 1.92. The number of carbonyl (C=O) groups is 1. The monoisotopic (exact) mass is 212 g/mol. The molecule has 0 unspecified atom stereocenters. The Bertz CT molecular complexity index is 426. The van der Waals surface area contributed by atoms with Crippen LogP contribution >= 0.6 is 0 Å². The summed E-state index contributed by atoms with van der Waals surface area (Å²) in [6.07, 6.45) is 0.460. The molecule has 0 spiro atoms. The molecule has 0 aliphatic heterocycles. The number of nitrogens with zero attached hydrogens (tertiary/aromatic N) is 3. The first-order valence-electron chi connectivity index (χ1n) is 4.52. The van der Waals surface area contributed by atoms with Gasteiger partial charge < -0.3 is 10.6 Å². The van der Waals surface area contributed by atoms with Crippen LogP contribution in [0.1, 0.15) is 30.2 Å². The van der Waals surface area contributed by atoms with E-state index in [9.17, 15) is 9.59 Å². The maximum atomic E-state index is 11.5. The van der Waals surface area contributed by atoms with Crippen molar-refractivity contribution in [3.05, 3.63) is 21.9 Å². The first-order valence-corrected chi connectivity index (χ1v) is 4.52. The van der Waals surface area contributed by atoms with Crippen LogP contribution in [0.4, 0.5) is 0 Å². The standard InChI is InChI=1S/C8H12N4O3/c1-3-5-10-11-6(7(13)12(5)9)8(14)15-4-2/h3-4,9H2,1-2H3. The third-order valence-corrected chi connectivity index (χ3v) is 1.75. The Hall–Kier alpha value is -1.92. The molecule has 0 aromatic carbocycles. The van der Waals surface area contributed by atoms with Crippen LogP contribution in [0.15, 0.2) is 4.79 Å². The summed E-state index contributed by atoms with van der Waals surface area (Å²) in [5, 5.41) is 7.14. The minimum absolute atomic E-state index is 0.167. The van der Waals surface area contributed by atoms with E-state index in [2.05, 4.69) is 14.9 Å². The van der Waals surface area contributed by atoms with Crippen molar-refractivity contribution in [2.45, 2.75) is 20.3 Å². The number of nitrogen functional groups attached to an aromatic ring is 1. The van der Waals surface area contributed by atoms with Crippen molar-refractivity contribution in [1.82, 2.24) is 14.9 Å². The molecule has 0 fully saturated rings. The molecule has 1 aromatic rings. The number of aromatic nitrogens is 3. The van der Waals surface area contributed by atoms with Gasteiger partial charge in [-0.25, -0.2) is 9.47 Å². The van der Waals surface area contributed by atoms with Gasteiger partial charge in [-0.15, -0.1) is 10.2 Å². The molecule has 0 bridgehead atoms. The van der Waals surface area contributed by atoms with E-state index in [1.165, 1.54) is 0 Å². The van der Waals surface area contributed by atoms with Gasteiger partial charge in [-0.3, -0.25) is 4.79 Å². The van der Waals surface area contributed by atoms with Crippen LogP contribution in [0.2, 0.25) is 0 Å². The summed E-state index contributed by atoms with van der Waals surface area (Å²) < 4.78 is 5.43. The van der Waals surface area contributed by atoms with Gasteiger partial charge >= 0.3 is 11.5 Å². The number of hydrogen-bond acceptors (Lipinski definition) is 6. The molecule has 1 rings (SSSR count). The van der Waals surface area contributed by atoms with Gasteiger partial charge in [0.25, 0.3) is 0 Å². The molecular formula is C8H12N4O3. The Morgan fingerprint density at radius 2 is 2.13 bits per heavy atom. The van der Waals surface area contributed by atoms with Gasteiger partial charge in [-0.1, -0.05) is 6.92 Å². The number of aryl methyl sites for hydroxylation is 1. The predicted molar refractivity (Wildman–Crippen MR) is 51.8 cm³/mol. The lowest BCUT2D eigenvalue weighted by Crippen LogP contribution is -2.37. The van der Waals surface area contributed by atoms with E-state index in [0.29, 0.717) is 12.2 Å². The third-order valence-electron chi connectivity index (χ3n) is 1.75. The average molecular weight is 212 g/mol. The number of rotatable bonds is 3. The molecule has 0 aliphatic rings. The molecule has 0 atom stereocenters. The fourth-order valence-corrected chi connectivity index (χ4v) is 0.999. The molecule has 0 saturated heterocycles. The third kappa shape index (κ3) is 2.12. The summed E-state index contributed by atoms with van der Waals surface area (Å²) in [6.45, 7) is 3.57. The highest BCUT2D eigenvalue weighted by Gasteiger charge is 2.17. The largest absolute Gasteiger partial charge is 0.461 e. The summed E-state index contributed by atoms with van der Waals surface area (Å²) in [4.78, 5) is 22.7. The van der Waals surface area contributed by atoms with Crippen LogP contribution in [0, 0.1) is 0 Å². The van der Waals surface area contributed by atoms with Gasteiger partial charge in [0.15, 0.2) is 5.82 Å². The van der Waals surface area contributed by atoms with E-state index in [1.807, 2.05) is 0 Å². The summed E-state index contributed by atoms with van der Waals surface area (Å²) in [5.74, 6) is 4.93. The minimum atomic E-state index is -0.808. The van der Waals surface area contributed by atoms with E-state index in [0.717, 1.165) is 4.68 Å². The second kappa shape index (κ2) is 4.54. The molecule has 1 heterocycles. The van der Waals surface area contributed by atoms with Crippen molar-refractivity contribution in [1.29, 1.82) is 0 Å². The Labute approximate surface area is 85.8 Å². The number of esters is 1. The van der Waals surface area contributed by atoms with Crippen LogP contribution in [0.25, 0.3) is 0 Å². The number of ether oxygens (including phenoxy) is 1. The molecule has 15 heavy (non-hydrogen) atoms. The van der Waals surface area contributed by atoms with E-state index < -0.39 is 17.2 Å². The first-order chi connectivity index (χ1) is 7.11. The maximum Gasteiger partial charge on any atom is 0.364 e. The van der Waals surface area contributed by atoms with Crippen LogP contribution in [0.3, 0.4) is 0 Å². The second-order valence-corrected chi connectivity index (χ2v) is 2.71. The van der Waals surface area contributed by atoms with Crippen LogP contribution in [-0.4, -0.2) is 27.4 Å². The molecule has 0 aliphatic carbocycles. The molecule has 0 saturated carbocycles. The van der Waals surface area contributed by atoms with Gasteiger partial charge in [0.1, 0.15) is 0 Å². The molecule has 7 heteroatoms. The highest BCUT2D eigenvalue weighted by atomic mass is 16.5. The fraction of sp³-hybridized carbons (Fsp3) is 0.500. The fourth-order valence-electron chi connectivity index (χ4n) is 0.999. The normalized spacial score (nSPS) is 10.0. The Morgan fingerprint density at radius 1 is 1.47 bits per heavy atom. The van der Waals surface area contributed by atoms with E-state index in [1.54, 1.807) is 13.8 Å². The molecule has 7 nitrogen and oxygen atoms in total. The smallest absolute Gasteiger partial charge is 0.364 e. The first kappa shape index (κ1) is 11.2. The van der Waals surface area contributed by atoms with Crippen molar-refractivity contribution in [3.63, 3.8) is 0 Å². The maximum absolute atomic E-state index is 11.5. The number of carbonyl (C=O) groups excluding carboxylic acids is 1. The lowest BCUT2D eigenvalue weighted by atomic mass is 10.4. The van der Waals surface area contributed by atoms with Gasteiger partial charge in [-0.2, -0.15) is 0 Å². The van der Waals surface area contributed by atoms with Gasteiger partial charge in [0.2, 0.25) is 5.69 Å². The topological polar surface area (TPSA) is 100 Å². The predicted octanol–water partition coefficient (Wildman–Crippen LogP) is -0.909. The molecular weight excluding hydrogens is 200 g/mol. The van der Waals surface area contributed by atoms with Crippen LogP contribution in [0.5, 0.6) is 0 Å². The second-order valence-electron chi connectivity index (χ2n) is 2.71. The Kier molecular flexibility index (Phi) is 3.37. The SMILES string of the molecule is CCOC(=O)c1nnc(CC)n(N)c1=O. The summed E-state index contributed by atoms with van der Waals surface area (Å²) in [5.41, 5.74) is -1.09. The highest BCUT2D eigenvalue weighted by molar-refractivity contribution is 5.86. The minimum Gasteiger partial charge on any atom is -0.461 e. The van der Waals surface area contributed by atoms with Gasteiger partial charge in [0.05, 0.1) is 6.61 Å². The zero-order chi connectivity index (χ0) is 11.4. The summed E-state index contributed by atoms with van der Waals surface area (Å²) >= 11 is 0. The zero-order valence-electron chi connectivity index (χ0n) is 8.56. The van der Waals surface area contributed by atoms with Crippen molar-refractivity contribution in [3.8, 4) is 0 Å². The lowest BCUT2D eigenvalue weighted by Gasteiger charge is -2.05. The molecule has 0 amide bonds. The Balaban J connectivity index is 3.18. The number of nitrogens with two attached hydrogens (primary N) is 1. The van der Waals surface area contributed by atoms with E-state index in [4.69, 9.17) is 5.84 Å². The van der Waals surface area contributed by atoms with Gasteiger partial charge in [0, 0.05) is 6.42 Å². The molecule has 82 valence electrons. The summed E-state index contributed by atoms with van der Waals surface area (Å²) in [7, 11) is 0. The van der Waals surface area contributed by atoms with E-state index in [-0.39, 0.29) is 6.61 Å². The Morgan fingerprint density at radius 3 is 2.67 bits per heavy atom. The van der Waals surface area contributed by atoms with Gasteiger partial charge in [-0.05, 0) is 6.92 Å². The quantitative estimate of drug-likeness (QED) is 0.514. The molecule has 1 aromatic heterocycles. The van der Waals surface area contributed by atoms with Crippen molar-refractivity contribution in [2.75, 3.05) is 12.4 Å². The molecule has 0 radical (unpaired) electrons. The van der Waals surface area contributed by atoms with Crippen molar-refractivity contribution < 1.29 is 9.53 Å². The lowest BCUT2D eigenvalue weighted by molar-refractivity contribution is 0.0514. The zero-order valence-corrected chi connectivity index (χ0v) is 8.56. The van der Waals surface area contributed by atoms with Crippen molar-refractivity contribution >= 4 is 5.97 Å². The summed E-state index contributed by atoms with van der Waals surface area (Å²) in [6, 6.07) is 0. The molecule has 2 N–H and O–H groups in total. The van der Waals surface area contributed by atoms with Crippen molar-refractivity contribution in [2.24, 2.45) is 0 Å².